The topological polar surface area (TPSA) is 331 Å². The van der Waals surface area contributed by atoms with E-state index in [1.807, 2.05) is 0 Å². The molecule has 52 heavy (non-hydrogen) atoms. The van der Waals surface area contributed by atoms with Crippen molar-refractivity contribution in [3.8, 4) is 0 Å². The molecule has 19 heteroatoms. The Balaban J connectivity index is 2.04. The van der Waals surface area contributed by atoms with Gasteiger partial charge in [-0.1, -0.05) is 60.7 Å². The van der Waals surface area contributed by atoms with Crippen LogP contribution in [0.15, 0.2) is 65.7 Å². The molecule has 2 rings (SSSR count). The normalized spacial score (nSPS) is 13.5. The molecule has 0 heterocycles. The SMILES string of the molecule is NC(N)=NCCCC(NC(=O)C(N)Cc1ccccc1)C(=O)NCC(=O)NC(CC(=O)O)C(=O)NC(CO)C(=O)NC(Cc1ccccc1)C(=O)O. The predicted molar refractivity (Wildman–Crippen MR) is 186 cm³/mol. The molecular weight excluding hydrogens is 682 g/mol. The monoisotopic (exact) mass is 727 g/mol. The van der Waals surface area contributed by atoms with Crippen molar-refractivity contribution in [2.24, 2.45) is 22.2 Å². The van der Waals surface area contributed by atoms with Gasteiger partial charge in [0.15, 0.2) is 5.96 Å². The van der Waals surface area contributed by atoms with Gasteiger partial charge in [0.1, 0.15) is 24.2 Å². The number of aliphatic hydroxyl groups excluding tert-OH is 1. The van der Waals surface area contributed by atoms with Crippen LogP contribution in [-0.2, 0) is 46.4 Å². The van der Waals surface area contributed by atoms with Crippen molar-refractivity contribution < 1.29 is 48.9 Å². The number of aliphatic imine (C=N–C) groups is 1. The number of nitrogens with one attached hydrogen (secondary N) is 5. The first kappa shape index (κ1) is 42.1. The van der Waals surface area contributed by atoms with Crippen molar-refractivity contribution in [3.63, 3.8) is 0 Å². The Bertz CT molecular complexity index is 1560. The number of carbonyl (C=O) groups is 7. The highest BCUT2D eigenvalue weighted by Crippen LogP contribution is 2.06. The summed E-state index contributed by atoms with van der Waals surface area (Å²) in [5, 5.41) is 40.0. The molecule has 14 N–H and O–H groups in total. The van der Waals surface area contributed by atoms with Gasteiger partial charge in [-0.15, -0.1) is 0 Å². The van der Waals surface area contributed by atoms with Gasteiger partial charge in [-0.3, -0.25) is 33.8 Å². The van der Waals surface area contributed by atoms with Crippen LogP contribution in [0.3, 0.4) is 0 Å². The van der Waals surface area contributed by atoms with Crippen LogP contribution < -0.4 is 43.8 Å². The van der Waals surface area contributed by atoms with E-state index in [0.717, 1.165) is 5.56 Å². The lowest BCUT2D eigenvalue weighted by Crippen LogP contribution is -2.58. The molecule has 282 valence electrons. The number of hydrogen-bond donors (Lipinski definition) is 11. The molecule has 0 saturated carbocycles. The number of nitrogens with zero attached hydrogens (tertiary/aromatic N) is 1. The molecule has 0 aliphatic carbocycles. The van der Waals surface area contributed by atoms with Gasteiger partial charge < -0.3 is 59.1 Å². The maximum Gasteiger partial charge on any atom is 0.326 e. The molecule has 5 unspecified atom stereocenters. The lowest BCUT2D eigenvalue weighted by molar-refractivity contribution is -0.143. The molecule has 19 nitrogen and oxygen atoms in total. The van der Waals surface area contributed by atoms with Crippen molar-refractivity contribution in [1.82, 2.24) is 26.6 Å². The third-order valence-electron chi connectivity index (χ3n) is 7.38. The molecule has 0 aliphatic rings. The quantitative estimate of drug-likeness (QED) is 0.0318. The van der Waals surface area contributed by atoms with E-state index in [4.69, 9.17) is 17.2 Å². The number of aliphatic hydroxyl groups is 1. The molecule has 2 aromatic carbocycles. The van der Waals surface area contributed by atoms with E-state index in [-0.39, 0.29) is 38.2 Å². The average molecular weight is 728 g/mol. The van der Waals surface area contributed by atoms with E-state index in [1.54, 1.807) is 60.7 Å². The Morgan fingerprint density at radius 1 is 0.673 bits per heavy atom. The van der Waals surface area contributed by atoms with Gasteiger partial charge in [0.25, 0.3) is 0 Å². The van der Waals surface area contributed by atoms with Crippen LogP contribution in [0.25, 0.3) is 0 Å². The van der Waals surface area contributed by atoms with Crippen LogP contribution in [-0.4, -0.2) is 113 Å². The molecule has 2 aromatic rings. The first-order chi connectivity index (χ1) is 24.7. The summed E-state index contributed by atoms with van der Waals surface area (Å²) in [4.78, 5) is 91.6. The summed E-state index contributed by atoms with van der Waals surface area (Å²) in [6.45, 7) is -1.63. The summed E-state index contributed by atoms with van der Waals surface area (Å²) in [6, 6.07) is 10.1. The van der Waals surface area contributed by atoms with Gasteiger partial charge in [0.2, 0.25) is 29.5 Å². The second-order valence-electron chi connectivity index (χ2n) is 11.6. The highest BCUT2D eigenvalue weighted by atomic mass is 16.4. The fraction of sp³-hybridized carbons (Fsp3) is 0.394. The summed E-state index contributed by atoms with van der Waals surface area (Å²) >= 11 is 0. The zero-order valence-electron chi connectivity index (χ0n) is 28.2. The van der Waals surface area contributed by atoms with Crippen molar-refractivity contribution in [1.29, 1.82) is 0 Å². The summed E-state index contributed by atoms with van der Waals surface area (Å²) in [6.07, 6.45) is -0.608. The second kappa shape index (κ2) is 21.9. The predicted octanol–water partition coefficient (Wildman–Crippen LogP) is -3.54. The van der Waals surface area contributed by atoms with E-state index in [9.17, 15) is 48.9 Å². The van der Waals surface area contributed by atoms with Gasteiger partial charge in [-0.2, -0.15) is 0 Å². The summed E-state index contributed by atoms with van der Waals surface area (Å²) < 4.78 is 0. The molecule has 0 aromatic heterocycles. The Labute approximate surface area is 298 Å². The van der Waals surface area contributed by atoms with Crippen molar-refractivity contribution >= 4 is 47.4 Å². The van der Waals surface area contributed by atoms with Gasteiger partial charge >= 0.3 is 11.9 Å². The first-order valence-electron chi connectivity index (χ1n) is 16.1. The largest absolute Gasteiger partial charge is 0.481 e. The third-order valence-corrected chi connectivity index (χ3v) is 7.38. The third kappa shape index (κ3) is 15.6. The standard InChI is InChI=1S/C33H45N9O10/c34-21(14-19-8-3-1-4-9-19)28(47)40-22(12-7-13-37-33(35)36)29(48)38-17-26(44)39-23(16-27(45)46)30(49)42-25(18-43)31(50)41-24(32(51)52)15-20-10-5-2-6-11-20/h1-6,8-11,21-25,43H,7,12-18,34H2,(H,38,48)(H,39,44)(H,40,47)(H,41,50)(H,42,49)(H,45,46)(H,51,52)(H4,35,36,37). The van der Waals surface area contributed by atoms with E-state index in [1.165, 1.54) is 0 Å². The number of hydrogen-bond acceptors (Lipinski definition) is 10. The minimum atomic E-state index is -1.78. The Morgan fingerprint density at radius 3 is 1.75 bits per heavy atom. The fourth-order valence-electron chi connectivity index (χ4n) is 4.72. The Morgan fingerprint density at radius 2 is 1.21 bits per heavy atom. The number of carboxylic acids is 2. The van der Waals surface area contributed by atoms with E-state index in [0.29, 0.717) is 5.56 Å². The Kier molecular flexibility index (Phi) is 17.7. The average Bonchev–Trinajstić information content (AvgIpc) is 3.10. The Hall–Kier alpha value is -6.08. The number of nitrogens with two attached hydrogens (primary N) is 3. The van der Waals surface area contributed by atoms with Crippen LogP contribution in [0.1, 0.15) is 30.4 Å². The van der Waals surface area contributed by atoms with Gasteiger partial charge in [-0.05, 0) is 30.4 Å². The lowest BCUT2D eigenvalue weighted by Gasteiger charge is -2.23. The number of aliphatic carboxylic acids is 2. The molecule has 0 spiro atoms. The number of guanidine groups is 1. The van der Waals surface area contributed by atoms with Crippen LogP contribution in [0.5, 0.6) is 0 Å². The molecular formula is C33H45N9O10. The number of amides is 5. The van der Waals surface area contributed by atoms with Crippen LogP contribution in [0.2, 0.25) is 0 Å². The number of carboxylic acid groups (broad SMARTS) is 2. The van der Waals surface area contributed by atoms with E-state index >= 15 is 0 Å². The molecule has 0 bridgehead atoms. The minimum Gasteiger partial charge on any atom is -0.481 e. The summed E-state index contributed by atoms with van der Waals surface area (Å²) in [7, 11) is 0. The molecule has 0 saturated heterocycles. The second-order valence-corrected chi connectivity index (χ2v) is 11.6. The van der Waals surface area contributed by atoms with E-state index < -0.39 is 91.3 Å². The lowest BCUT2D eigenvalue weighted by atomic mass is 10.0. The molecule has 0 fully saturated rings. The van der Waals surface area contributed by atoms with E-state index in [2.05, 4.69) is 31.6 Å². The smallest absolute Gasteiger partial charge is 0.326 e. The van der Waals surface area contributed by atoms with Crippen LogP contribution in [0, 0.1) is 0 Å². The van der Waals surface area contributed by atoms with Gasteiger partial charge in [0.05, 0.1) is 25.6 Å². The zero-order valence-corrected chi connectivity index (χ0v) is 28.2. The van der Waals surface area contributed by atoms with Gasteiger partial charge in [0, 0.05) is 13.0 Å². The maximum absolute atomic E-state index is 13.1. The van der Waals surface area contributed by atoms with Crippen molar-refractivity contribution in [3.05, 3.63) is 71.8 Å². The number of benzene rings is 2. The summed E-state index contributed by atoms with van der Waals surface area (Å²) in [5.41, 5.74) is 18.1. The highest BCUT2D eigenvalue weighted by molar-refractivity contribution is 5.96. The van der Waals surface area contributed by atoms with Crippen molar-refractivity contribution in [2.75, 3.05) is 19.7 Å². The van der Waals surface area contributed by atoms with Gasteiger partial charge in [-0.25, -0.2) is 4.79 Å². The number of rotatable bonds is 22. The number of carbonyl (C=O) groups excluding carboxylic acids is 5. The molecule has 0 aliphatic heterocycles. The molecule has 5 atom stereocenters. The fourth-order valence-corrected chi connectivity index (χ4v) is 4.72. The molecule has 5 amide bonds. The van der Waals surface area contributed by atoms with Crippen molar-refractivity contribution in [2.45, 2.75) is 62.3 Å². The highest BCUT2D eigenvalue weighted by Gasteiger charge is 2.31. The first-order valence-corrected chi connectivity index (χ1v) is 16.1. The molecule has 0 radical (unpaired) electrons. The van der Waals surface area contributed by atoms with Crippen LogP contribution >= 0.6 is 0 Å². The van der Waals surface area contributed by atoms with Crippen LogP contribution in [0.4, 0.5) is 0 Å². The zero-order chi connectivity index (χ0) is 38.6. The summed E-state index contributed by atoms with van der Waals surface area (Å²) in [5.74, 6) is -7.82. The maximum atomic E-state index is 13.1. The minimum absolute atomic E-state index is 0.0385.